The van der Waals surface area contributed by atoms with Crippen molar-refractivity contribution in [3.8, 4) is 0 Å². The number of nitrogens with zero attached hydrogens (tertiary/aromatic N) is 1. The molecule has 0 saturated carbocycles. The van der Waals surface area contributed by atoms with Crippen LogP contribution in [0, 0.1) is 5.82 Å². The maximum atomic E-state index is 13.8. The first kappa shape index (κ1) is 14.7. The van der Waals surface area contributed by atoms with Gasteiger partial charge in [0.05, 0.1) is 5.41 Å². The maximum absolute atomic E-state index is 13.8. The largest absolute Gasteiger partial charge is 0.369 e. The van der Waals surface area contributed by atoms with Gasteiger partial charge in [-0.05, 0) is 24.6 Å². The van der Waals surface area contributed by atoms with Crippen LogP contribution in [0.3, 0.4) is 0 Å². The highest BCUT2D eigenvalue weighted by molar-refractivity contribution is 5.87. The number of halogens is 1. The average molecular weight is 298 g/mol. The number of benzene rings is 2. The third-order valence-corrected chi connectivity index (χ3v) is 4.50. The minimum atomic E-state index is -0.674. The Morgan fingerprint density at radius 3 is 2.50 bits per heavy atom. The molecule has 1 amide bonds. The number of carbonyl (C=O) groups excluding carboxylic acids is 1. The zero-order valence-electron chi connectivity index (χ0n) is 12.3. The first-order valence-corrected chi connectivity index (χ1v) is 7.43. The van der Waals surface area contributed by atoms with Gasteiger partial charge in [0.15, 0.2) is 0 Å². The summed E-state index contributed by atoms with van der Waals surface area (Å²) in [6.45, 7) is 1.75. The topological polar surface area (TPSA) is 46.3 Å². The summed E-state index contributed by atoms with van der Waals surface area (Å²) in [4.78, 5) is 14.2. The first-order valence-electron chi connectivity index (χ1n) is 7.43. The van der Waals surface area contributed by atoms with Gasteiger partial charge in [0.2, 0.25) is 5.91 Å². The Balaban J connectivity index is 1.83. The molecular formula is C18H19FN2O. The highest BCUT2D eigenvalue weighted by atomic mass is 19.1. The summed E-state index contributed by atoms with van der Waals surface area (Å²) in [7, 11) is 0. The Kier molecular flexibility index (Phi) is 3.94. The summed E-state index contributed by atoms with van der Waals surface area (Å²) in [5, 5.41) is 0. The molecule has 2 N–H and O–H groups in total. The van der Waals surface area contributed by atoms with Gasteiger partial charge in [-0.2, -0.15) is 0 Å². The lowest BCUT2D eigenvalue weighted by atomic mass is 9.79. The maximum Gasteiger partial charge on any atom is 0.229 e. The first-order chi connectivity index (χ1) is 10.6. The predicted octanol–water partition coefficient (Wildman–Crippen LogP) is 2.45. The van der Waals surface area contributed by atoms with E-state index in [1.54, 1.807) is 12.1 Å². The van der Waals surface area contributed by atoms with E-state index in [0.717, 1.165) is 12.1 Å². The normalized spacial score (nSPS) is 21.9. The standard InChI is InChI=1S/C18H19FN2O/c19-16-9-5-4-6-14(16)12-21-11-10-18(13-21,17(20)22)15-7-2-1-3-8-15/h1-9H,10-13H2,(H2,20,22)/t18-/m1/s1. The van der Waals surface area contributed by atoms with Gasteiger partial charge in [0.25, 0.3) is 0 Å². The Morgan fingerprint density at radius 2 is 1.82 bits per heavy atom. The second-order valence-corrected chi connectivity index (χ2v) is 5.86. The number of nitrogens with two attached hydrogens (primary N) is 1. The third-order valence-electron chi connectivity index (χ3n) is 4.50. The molecule has 114 valence electrons. The lowest BCUT2D eigenvalue weighted by molar-refractivity contribution is -0.123. The van der Waals surface area contributed by atoms with Gasteiger partial charge in [-0.3, -0.25) is 9.69 Å². The van der Waals surface area contributed by atoms with Gasteiger partial charge in [-0.1, -0.05) is 48.5 Å². The molecule has 1 heterocycles. The van der Waals surface area contributed by atoms with Crippen LogP contribution in [0.2, 0.25) is 0 Å². The summed E-state index contributed by atoms with van der Waals surface area (Å²) >= 11 is 0. The van der Waals surface area contributed by atoms with Crippen LogP contribution in [0.5, 0.6) is 0 Å². The molecule has 1 aliphatic rings. The van der Waals surface area contributed by atoms with Crippen molar-refractivity contribution in [3.05, 3.63) is 71.5 Å². The van der Waals surface area contributed by atoms with E-state index >= 15 is 0 Å². The minimum absolute atomic E-state index is 0.209. The molecule has 3 rings (SSSR count). The second kappa shape index (κ2) is 5.89. The van der Waals surface area contributed by atoms with E-state index in [4.69, 9.17) is 5.73 Å². The fraction of sp³-hybridized carbons (Fsp3) is 0.278. The number of carbonyl (C=O) groups is 1. The number of likely N-dealkylation sites (tertiary alicyclic amines) is 1. The molecule has 0 unspecified atom stereocenters. The molecule has 2 aromatic rings. The monoisotopic (exact) mass is 298 g/mol. The zero-order valence-corrected chi connectivity index (χ0v) is 12.3. The molecule has 3 nitrogen and oxygen atoms in total. The lowest BCUT2D eigenvalue weighted by Crippen LogP contribution is -2.43. The second-order valence-electron chi connectivity index (χ2n) is 5.86. The number of hydrogen-bond acceptors (Lipinski definition) is 2. The van der Waals surface area contributed by atoms with Crippen LogP contribution in [0.15, 0.2) is 54.6 Å². The van der Waals surface area contributed by atoms with Crippen molar-refractivity contribution in [1.29, 1.82) is 0 Å². The molecule has 0 aromatic heterocycles. The molecule has 0 spiro atoms. The zero-order chi connectivity index (χ0) is 15.6. The Bertz CT molecular complexity index is 674. The van der Waals surface area contributed by atoms with Gasteiger partial charge >= 0.3 is 0 Å². The molecule has 22 heavy (non-hydrogen) atoms. The summed E-state index contributed by atoms with van der Waals surface area (Å²) in [5.41, 5.74) is 6.63. The SMILES string of the molecule is NC(=O)[C@]1(c2ccccc2)CCN(Cc2ccccc2F)C1. The van der Waals surface area contributed by atoms with E-state index in [1.165, 1.54) is 6.07 Å². The molecule has 0 radical (unpaired) electrons. The highest BCUT2D eigenvalue weighted by Crippen LogP contribution is 2.35. The van der Waals surface area contributed by atoms with Crippen molar-refractivity contribution in [2.75, 3.05) is 13.1 Å². The highest BCUT2D eigenvalue weighted by Gasteiger charge is 2.44. The number of amides is 1. The number of rotatable bonds is 4. The van der Waals surface area contributed by atoms with Crippen molar-refractivity contribution in [3.63, 3.8) is 0 Å². The van der Waals surface area contributed by atoms with Crippen molar-refractivity contribution in [2.45, 2.75) is 18.4 Å². The van der Waals surface area contributed by atoms with Gasteiger partial charge in [0, 0.05) is 18.7 Å². The van der Waals surface area contributed by atoms with E-state index in [9.17, 15) is 9.18 Å². The van der Waals surface area contributed by atoms with E-state index < -0.39 is 5.41 Å². The summed E-state index contributed by atoms with van der Waals surface area (Å²) in [6, 6.07) is 16.4. The summed E-state index contributed by atoms with van der Waals surface area (Å²) in [5.74, 6) is -0.520. The number of primary amides is 1. The van der Waals surface area contributed by atoms with E-state index in [-0.39, 0.29) is 11.7 Å². The van der Waals surface area contributed by atoms with Gasteiger partial charge < -0.3 is 5.73 Å². The fourth-order valence-corrected chi connectivity index (χ4v) is 3.23. The van der Waals surface area contributed by atoms with Gasteiger partial charge in [-0.25, -0.2) is 4.39 Å². The van der Waals surface area contributed by atoms with Crippen LogP contribution in [-0.2, 0) is 16.8 Å². The molecule has 1 atom stereocenters. The minimum Gasteiger partial charge on any atom is -0.369 e. The quantitative estimate of drug-likeness (QED) is 0.942. The van der Waals surface area contributed by atoms with Crippen molar-refractivity contribution in [1.82, 2.24) is 4.90 Å². The van der Waals surface area contributed by atoms with Crippen LogP contribution in [0.25, 0.3) is 0 Å². The van der Waals surface area contributed by atoms with E-state index in [0.29, 0.717) is 25.1 Å². The Labute approximate surface area is 129 Å². The molecule has 1 saturated heterocycles. The van der Waals surface area contributed by atoms with Crippen LogP contribution in [0.1, 0.15) is 17.5 Å². The van der Waals surface area contributed by atoms with E-state index in [1.807, 2.05) is 36.4 Å². The molecule has 0 bridgehead atoms. The van der Waals surface area contributed by atoms with E-state index in [2.05, 4.69) is 4.90 Å². The molecule has 2 aromatic carbocycles. The molecule has 1 aliphatic heterocycles. The Hall–Kier alpha value is -2.20. The smallest absolute Gasteiger partial charge is 0.229 e. The van der Waals surface area contributed by atoms with Crippen molar-refractivity contribution in [2.24, 2.45) is 5.73 Å². The fourth-order valence-electron chi connectivity index (χ4n) is 3.23. The predicted molar refractivity (Wildman–Crippen MR) is 83.6 cm³/mol. The van der Waals surface area contributed by atoms with Gasteiger partial charge in [-0.15, -0.1) is 0 Å². The van der Waals surface area contributed by atoms with Crippen molar-refractivity contribution < 1.29 is 9.18 Å². The summed E-state index contributed by atoms with van der Waals surface area (Å²) in [6.07, 6.45) is 0.667. The van der Waals surface area contributed by atoms with Gasteiger partial charge in [0.1, 0.15) is 5.82 Å². The lowest BCUT2D eigenvalue weighted by Gasteiger charge is -2.26. The number of hydrogen-bond donors (Lipinski definition) is 1. The molecule has 1 fully saturated rings. The van der Waals surface area contributed by atoms with Crippen LogP contribution < -0.4 is 5.73 Å². The molecule has 4 heteroatoms. The van der Waals surface area contributed by atoms with Crippen LogP contribution in [-0.4, -0.2) is 23.9 Å². The van der Waals surface area contributed by atoms with Crippen LogP contribution in [0.4, 0.5) is 4.39 Å². The molecular weight excluding hydrogens is 279 g/mol. The Morgan fingerprint density at radius 1 is 1.14 bits per heavy atom. The van der Waals surface area contributed by atoms with Crippen molar-refractivity contribution >= 4 is 5.91 Å². The van der Waals surface area contributed by atoms with Crippen LogP contribution >= 0.6 is 0 Å². The third kappa shape index (κ3) is 2.62. The average Bonchev–Trinajstić information content (AvgIpc) is 2.96. The molecule has 0 aliphatic carbocycles. The summed E-state index contributed by atoms with van der Waals surface area (Å²) < 4.78 is 13.8.